The topological polar surface area (TPSA) is 69.1 Å². The van der Waals surface area contributed by atoms with Crippen LogP contribution in [0.5, 0.6) is 0 Å². The Morgan fingerprint density at radius 2 is 1.20 bits per heavy atom. The molecule has 29 valence electrons. The first-order chi connectivity index (χ1) is 1.41. The second-order valence-electron chi connectivity index (χ2n) is 0.0833. The maximum Gasteiger partial charge on any atom is 3.00 e. The predicted molar refractivity (Wildman–Crippen MR) is 14.7 cm³/mol. The van der Waals surface area contributed by atoms with Crippen molar-refractivity contribution >= 4 is 8.34 Å². The van der Waals surface area contributed by atoms with Gasteiger partial charge in [0.1, 0.15) is 0 Å². The molecule has 0 aliphatic heterocycles. The second kappa shape index (κ2) is 23.9. The van der Waals surface area contributed by atoms with Gasteiger partial charge in [-0.2, -0.15) is 0 Å². The SMILES string of the molecule is N.O=[PH]=O.[Mo+3]. The Hall–Kier alpha value is 0.548. The minimum Gasteiger partial charge on any atom is -0.344 e. The van der Waals surface area contributed by atoms with E-state index in [4.69, 9.17) is 9.13 Å². The number of hydrogen-bond acceptors (Lipinski definition) is 3. The molecule has 0 amide bonds. The molecule has 0 aliphatic carbocycles. The first-order valence-electron chi connectivity index (χ1n) is 0.408. The van der Waals surface area contributed by atoms with Gasteiger partial charge in [-0.15, -0.1) is 0 Å². The van der Waals surface area contributed by atoms with Crippen molar-refractivity contribution in [1.29, 1.82) is 0 Å². The van der Waals surface area contributed by atoms with Crippen LogP contribution in [0.3, 0.4) is 0 Å². The van der Waals surface area contributed by atoms with Crippen LogP contribution in [0.4, 0.5) is 0 Å². The summed E-state index contributed by atoms with van der Waals surface area (Å²) >= 11 is 0. The minimum atomic E-state index is -1.42. The van der Waals surface area contributed by atoms with Gasteiger partial charge in [0.05, 0.1) is 0 Å². The number of hydrogen-bond donors (Lipinski definition) is 1. The van der Waals surface area contributed by atoms with E-state index in [1.807, 2.05) is 0 Å². The third kappa shape index (κ3) is 98.2. The third-order valence-electron chi connectivity index (χ3n) is 0. The Morgan fingerprint density at radius 1 is 1.20 bits per heavy atom. The summed E-state index contributed by atoms with van der Waals surface area (Å²) in [6.07, 6.45) is 0. The maximum absolute atomic E-state index is 8.40. The van der Waals surface area contributed by atoms with Gasteiger partial charge in [0.2, 0.25) is 0 Å². The summed E-state index contributed by atoms with van der Waals surface area (Å²) in [7, 11) is -1.42. The van der Waals surface area contributed by atoms with Gasteiger partial charge in [-0.05, 0) is 0 Å². The Morgan fingerprint density at radius 3 is 1.20 bits per heavy atom. The van der Waals surface area contributed by atoms with Crippen molar-refractivity contribution in [2.24, 2.45) is 0 Å². The van der Waals surface area contributed by atoms with Crippen LogP contribution < -0.4 is 6.15 Å². The first kappa shape index (κ1) is 17.7. The van der Waals surface area contributed by atoms with Crippen LogP contribution in [-0.2, 0) is 30.2 Å². The Kier molecular flexibility index (Phi) is 84.4. The molecule has 0 spiro atoms. The summed E-state index contributed by atoms with van der Waals surface area (Å²) in [6, 6.07) is 0. The molecule has 0 saturated heterocycles. The maximum atomic E-state index is 8.40. The minimum absolute atomic E-state index is 0. The molecule has 0 heterocycles. The monoisotopic (exact) mass is 179 g/mol. The van der Waals surface area contributed by atoms with Crippen molar-refractivity contribution in [2.45, 2.75) is 0 Å². The van der Waals surface area contributed by atoms with E-state index < -0.39 is 8.34 Å². The van der Waals surface area contributed by atoms with E-state index in [1.165, 1.54) is 0 Å². The van der Waals surface area contributed by atoms with E-state index in [0.717, 1.165) is 0 Å². The molecule has 0 aromatic heterocycles. The van der Waals surface area contributed by atoms with Crippen molar-refractivity contribution in [2.75, 3.05) is 0 Å². The molecule has 3 nitrogen and oxygen atoms in total. The standard InChI is InChI=1S/Mo.H3N.HO2P/c;;1-3-2/h;1H3;3H/q+3;;. The molecule has 0 aliphatic rings. The van der Waals surface area contributed by atoms with Crippen LogP contribution in [0.25, 0.3) is 0 Å². The molecule has 0 unspecified atom stereocenters. The van der Waals surface area contributed by atoms with Gasteiger partial charge in [-0.1, -0.05) is 0 Å². The summed E-state index contributed by atoms with van der Waals surface area (Å²) in [6.45, 7) is 0. The van der Waals surface area contributed by atoms with Gasteiger partial charge in [-0.3, -0.25) is 0 Å². The van der Waals surface area contributed by atoms with E-state index >= 15 is 0 Å². The molecule has 0 saturated carbocycles. The Labute approximate surface area is 45.2 Å². The predicted octanol–water partition coefficient (Wildman–Crippen LogP) is 0.515. The average molecular weight is 177 g/mol. The van der Waals surface area contributed by atoms with Crippen LogP contribution in [0.1, 0.15) is 0 Å². The van der Waals surface area contributed by atoms with E-state index in [9.17, 15) is 0 Å². The van der Waals surface area contributed by atoms with Gasteiger partial charge in [0, 0.05) is 0 Å². The molecule has 0 bridgehead atoms. The molecule has 5 heavy (non-hydrogen) atoms. The van der Waals surface area contributed by atoms with Crippen molar-refractivity contribution in [3.05, 3.63) is 0 Å². The van der Waals surface area contributed by atoms with E-state index in [-0.39, 0.29) is 27.2 Å². The summed E-state index contributed by atoms with van der Waals surface area (Å²) < 4.78 is 16.8. The van der Waals surface area contributed by atoms with E-state index in [2.05, 4.69) is 0 Å². The zero-order valence-corrected chi connectivity index (χ0v) is 5.44. The third-order valence-corrected chi connectivity index (χ3v) is 0. The molecule has 0 rings (SSSR count). The first-order valence-corrected chi connectivity index (χ1v) is 1.22. The van der Waals surface area contributed by atoms with Crippen molar-refractivity contribution in [3.8, 4) is 0 Å². The van der Waals surface area contributed by atoms with Crippen LogP contribution >= 0.6 is 8.34 Å². The molecule has 3 N–H and O–H groups in total. The summed E-state index contributed by atoms with van der Waals surface area (Å²) in [4.78, 5) is 0. The molecule has 1 radical (unpaired) electrons. The van der Waals surface area contributed by atoms with E-state index in [1.54, 1.807) is 0 Å². The fourth-order valence-electron chi connectivity index (χ4n) is 0. The average Bonchev–Trinajstić information content (AvgIpc) is 0.918. The summed E-state index contributed by atoms with van der Waals surface area (Å²) in [5, 5.41) is 0. The van der Waals surface area contributed by atoms with Crippen molar-refractivity contribution in [3.63, 3.8) is 0 Å². The fourth-order valence-corrected chi connectivity index (χ4v) is 0. The largest absolute Gasteiger partial charge is 3.00 e. The van der Waals surface area contributed by atoms with Crippen LogP contribution in [0, 0.1) is 0 Å². The summed E-state index contributed by atoms with van der Waals surface area (Å²) in [5.41, 5.74) is 0. The van der Waals surface area contributed by atoms with Crippen molar-refractivity contribution < 1.29 is 30.2 Å². The van der Waals surface area contributed by atoms with Gasteiger partial charge in [0.15, 0.2) is 0 Å². The second-order valence-corrected chi connectivity index (χ2v) is 0.250. The molecule has 5 heteroatoms. The van der Waals surface area contributed by atoms with Crippen LogP contribution in [0.15, 0.2) is 0 Å². The zero-order valence-electron chi connectivity index (χ0n) is 2.43. The van der Waals surface area contributed by atoms with Gasteiger partial charge >= 0.3 is 29.4 Å². The Bertz CT molecular complexity index is 30.6. The van der Waals surface area contributed by atoms with Crippen LogP contribution in [0.2, 0.25) is 0 Å². The molecular weight excluding hydrogens is 173 g/mol. The number of rotatable bonds is 0. The normalized spacial score (nSPS) is 2.40. The molecule has 0 atom stereocenters. The van der Waals surface area contributed by atoms with Gasteiger partial charge < -0.3 is 6.15 Å². The Balaban J connectivity index is -0.0000000200. The molecule has 0 fully saturated rings. The van der Waals surface area contributed by atoms with Crippen molar-refractivity contribution in [1.82, 2.24) is 6.15 Å². The molecular formula is H4MoNO2P+3. The van der Waals surface area contributed by atoms with Crippen LogP contribution in [-0.4, -0.2) is 0 Å². The zero-order chi connectivity index (χ0) is 2.71. The van der Waals surface area contributed by atoms with Gasteiger partial charge in [-0.25, -0.2) is 9.13 Å². The smallest absolute Gasteiger partial charge is 0.344 e. The van der Waals surface area contributed by atoms with Gasteiger partial charge in [0.25, 0.3) is 0 Å². The molecule has 0 aromatic rings. The van der Waals surface area contributed by atoms with E-state index in [0.29, 0.717) is 0 Å². The molecule has 0 aromatic carbocycles. The quantitative estimate of drug-likeness (QED) is 0.433. The fraction of sp³-hybridized carbons (Fsp3) is 0. The summed E-state index contributed by atoms with van der Waals surface area (Å²) in [5.74, 6) is 0.